The Bertz CT molecular complexity index is 802. The molecule has 1 aliphatic heterocycles. The summed E-state index contributed by atoms with van der Waals surface area (Å²) in [6.45, 7) is 6.73. The van der Waals surface area contributed by atoms with Crippen molar-refractivity contribution in [3.05, 3.63) is 59.2 Å². The number of ether oxygens (including phenoxy) is 1. The highest BCUT2D eigenvalue weighted by atomic mass is 19.2. The van der Waals surface area contributed by atoms with Crippen molar-refractivity contribution in [2.45, 2.75) is 13.8 Å². The van der Waals surface area contributed by atoms with E-state index in [1.807, 2.05) is 6.07 Å². The van der Waals surface area contributed by atoms with Crippen LogP contribution in [0.15, 0.2) is 36.4 Å². The largest absolute Gasteiger partial charge is 0.484 e. The summed E-state index contributed by atoms with van der Waals surface area (Å²) in [7, 11) is 0. The SMILES string of the molecule is Cc1cccc(N2CCN(C(=O)COc3ccc(F)c(F)c3)CC2)c1C. The van der Waals surface area contributed by atoms with Crippen molar-refractivity contribution in [2.24, 2.45) is 0 Å². The number of hydrogen-bond donors (Lipinski definition) is 0. The molecule has 3 rings (SSSR count). The van der Waals surface area contributed by atoms with Crippen LogP contribution in [0.3, 0.4) is 0 Å². The van der Waals surface area contributed by atoms with Crippen LogP contribution in [0, 0.1) is 25.5 Å². The van der Waals surface area contributed by atoms with E-state index < -0.39 is 11.6 Å². The Morgan fingerprint density at radius 2 is 1.77 bits per heavy atom. The number of benzene rings is 2. The molecule has 1 heterocycles. The van der Waals surface area contributed by atoms with Gasteiger partial charge in [0, 0.05) is 37.9 Å². The number of halogens is 2. The molecule has 4 nitrogen and oxygen atoms in total. The summed E-state index contributed by atoms with van der Waals surface area (Å²) < 4.78 is 31.4. The lowest BCUT2D eigenvalue weighted by atomic mass is 10.1. The fourth-order valence-electron chi connectivity index (χ4n) is 3.08. The van der Waals surface area contributed by atoms with Gasteiger partial charge in [-0.1, -0.05) is 12.1 Å². The lowest BCUT2D eigenvalue weighted by molar-refractivity contribution is -0.133. The zero-order valence-corrected chi connectivity index (χ0v) is 15.0. The fraction of sp³-hybridized carbons (Fsp3) is 0.350. The molecule has 138 valence electrons. The molecule has 2 aromatic rings. The quantitative estimate of drug-likeness (QED) is 0.839. The fourth-order valence-corrected chi connectivity index (χ4v) is 3.08. The van der Waals surface area contributed by atoms with Gasteiger partial charge in [-0.15, -0.1) is 0 Å². The van der Waals surface area contributed by atoms with Crippen LogP contribution >= 0.6 is 0 Å². The number of aryl methyl sites for hydroxylation is 1. The maximum absolute atomic E-state index is 13.2. The first kappa shape index (κ1) is 18.2. The van der Waals surface area contributed by atoms with Crippen LogP contribution in [0.2, 0.25) is 0 Å². The van der Waals surface area contributed by atoms with Gasteiger partial charge in [-0.25, -0.2) is 8.78 Å². The van der Waals surface area contributed by atoms with E-state index in [4.69, 9.17) is 4.74 Å². The van der Waals surface area contributed by atoms with Crippen LogP contribution in [0.1, 0.15) is 11.1 Å². The van der Waals surface area contributed by atoms with E-state index in [1.165, 1.54) is 22.9 Å². The zero-order chi connectivity index (χ0) is 18.7. The van der Waals surface area contributed by atoms with Crippen molar-refractivity contribution in [1.29, 1.82) is 0 Å². The lowest BCUT2D eigenvalue weighted by Crippen LogP contribution is -2.50. The summed E-state index contributed by atoms with van der Waals surface area (Å²) in [5.74, 6) is -1.94. The molecule has 1 aliphatic rings. The van der Waals surface area contributed by atoms with Crippen LogP contribution < -0.4 is 9.64 Å². The highest BCUT2D eigenvalue weighted by Crippen LogP contribution is 2.24. The van der Waals surface area contributed by atoms with Crippen molar-refractivity contribution >= 4 is 11.6 Å². The monoisotopic (exact) mass is 360 g/mol. The van der Waals surface area contributed by atoms with Gasteiger partial charge in [0.2, 0.25) is 0 Å². The number of anilines is 1. The van der Waals surface area contributed by atoms with Crippen molar-refractivity contribution in [1.82, 2.24) is 4.90 Å². The van der Waals surface area contributed by atoms with Gasteiger partial charge in [-0.05, 0) is 43.2 Å². The topological polar surface area (TPSA) is 32.8 Å². The van der Waals surface area contributed by atoms with Gasteiger partial charge in [-0.3, -0.25) is 4.79 Å². The second-order valence-corrected chi connectivity index (χ2v) is 6.45. The first-order valence-electron chi connectivity index (χ1n) is 8.62. The van der Waals surface area contributed by atoms with Crippen LogP contribution in [0.5, 0.6) is 5.75 Å². The maximum Gasteiger partial charge on any atom is 0.260 e. The number of carbonyl (C=O) groups is 1. The molecular formula is C20H22F2N2O2. The van der Waals surface area contributed by atoms with Gasteiger partial charge >= 0.3 is 0 Å². The standard InChI is InChI=1S/C20H22F2N2O2/c1-14-4-3-5-19(15(14)2)23-8-10-24(11-9-23)20(25)13-26-16-6-7-17(21)18(22)12-16/h3-7,12H,8-11,13H2,1-2H3. The van der Waals surface area contributed by atoms with E-state index in [2.05, 4.69) is 30.9 Å². The number of hydrogen-bond acceptors (Lipinski definition) is 3. The van der Waals surface area contributed by atoms with E-state index in [-0.39, 0.29) is 18.3 Å². The van der Waals surface area contributed by atoms with Gasteiger partial charge < -0.3 is 14.5 Å². The van der Waals surface area contributed by atoms with E-state index in [9.17, 15) is 13.6 Å². The number of nitrogens with zero attached hydrogens (tertiary/aromatic N) is 2. The summed E-state index contributed by atoms with van der Waals surface area (Å²) in [6, 6.07) is 9.48. The Hall–Kier alpha value is -2.63. The summed E-state index contributed by atoms with van der Waals surface area (Å²) in [5.41, 5.74) is 3.71. The van der Waals surface area contributed by atoms with Gasteiger partial charge in [0.15, 0.2) is 18.2 Å². The molecule has 0 unspecified atom stereocenters. The molecule has 0 aliphatic carbocycles. The number of amides is 1. The van der Waals surface area contributed by atoms with Gasteiger partial charge in [0.25, 0.3) is 5.91 Å². The maximum atomic E-state index is 13.2. The molecule has 1 fully saturated rings. The van der Waals surface area contributed by atoms with Crippen molar-refractivity contribution in [3.8, 4) is 5.75 Å². The summed E-state index contributed by atoms with van der Waals surface area (Å²) in [4.78, 5) is 16.3. The predicted octanol–water partition coefficient (Wildman–Crippen LogP) is 3.31. The second-order valence-electron chi connectivity index (χ2n) is 6.45. The number of piperazine rings is 1. The average molecular weight is 360 g/mol. The smallest absolute Gasteiger partial charge is 0.260 e. The second kappa shape index (κ2) is 7.72. The van der Waals surface area contributed by atoms with E-state index >= 15 is 0 Å². The van der Waals surface area contributed by atoms with E-state index in [0.29, 0.717) is 13.1 Å². The minimum Gasteiger partial charge on any atom is -0.484 e. The van der Waals surface area contributed by atoms with Crippen LogP contribution in [0.25, 0.3) is 0 Å². The molecule has 0 saturated carbocycles. The predicted molar refractivity (Wildman–Crippen MR) is 96.6 cm³/mol. The molecule has 6 heteroatoms. The molecule has 0 bridgehead atoms. The Morgan fingerprint density at radius 3 is 2.46 bits per heavy atom. The molecule has 0 radical (unpaired) electrons. The first-order chi connectivity index (χ1) is 12.5. The van der Waals surface area contributed by atoms with Gasteiger partial charge in [-0.2, -0.15) is 0 Å². The van der Waals surface area contributed by atoms with E-state index in [0.717, 1.165) is 25.2 Å². The van der Waals surface area contributed by atoms with Crippen LogP contribution in [-0.2, 0) is 4.79 Å². The molecule has 2 aromatic carbocycles. The summed E-state index contributed by atoms with van der Waals surface area (Å²) >= 11 is 0. The molecule has 0 spiro atoms. The summed E-state index contributed by atoms with van der Waals surface area (Å²) in [5, 5.41) is 0. The third-order valence-corrected chi connectivity index (χ3v) is 4.80. The molecule has 1 saturated heterocycles. The van der Waals surface area contributed by atoms with Gasteiger partial charge in [0.1, 0.15) is 5.75 Å². The Balaban J connectivity index is 1.53. The number of carbonyl (C=O) groups excluding carboxylic acids is 1. The zero-order valence-electron chi connectivity index (χ0n) is 15.0. The molecule has 0 aromatic heterocycles. The van der Waals surface area contributed by atoms with Gasteiger partial charge in [0.05, 0.1) is 0 Å². The van der Waals surface area contributed by atoms with E-state index in [1.54, 1.807) is 4.90 Å². The highest BCUT2D eigenvalue weighted by Gasteiger charge is 2.22. The summed E-state index contributed by atoms with van der Waals surface area (Å²) in [6.07, 6.45) is 0. The third kappa shape index (κ3) is 3.95. The lowest BCUT2D eigenvalue weighted by Gasteiger charge is -2.37. The molecule has 1 amide bonds. The Morgan fingerprint density at radius 1 is 1.04 bits per heavy atom. The molecule has 26 heavy (non-hydrogen) atoms. The number of rotatable bonds is 4. The van der Waals surface area contributed by atoms with Crippen LogP contribution in [0.4, 0.5) is 14.5 Å². The van der Waals surface area contributed by atoms with Crippen LogP contribution in [-0.4, -0.2) is 43.6 Å². The molecular weight excluding hydrogens is 338 g/mol. The minimum atomic E-state index is -0.989. The molecule has 0 atom stereocenters. The third-order valence-electron chi connectivity index (χ3n) is 4.80. The van der Waals surface area contributed by atoms with Crippen molar-refractivity contribution in [3.63, 3.8) is 0 Å². The minimum absolute atomic E-state index is 0.145. The Labute approximate surface area is 152 Å². The molecule has 0 N–H and O–H groups in total. The first-order valence-corrected chi connectivity index (χ1v) is 8.62. The highest BCUT2D eigenvalue weighted by molar-refractivity contribution is 5.78. The normalized spacial score (nSPS) is 14.5. The average Bonchev–Trinajstić information content (AvgIpc) is 2.65. The van der Waals surface area contributed by atoms with Crippen molar-refractivity contribution < 1.29 is 18.3 Å². The van der Waals surface area contributed by atoms with Crippen molar-refractivity contribution in [2.75, 3.05) is 37.7 Å². The Kier molecular flexibility index (Phi) is 5.40.